The molecule has 2 rings (SSSR count). The van der Waals surface area contributed by atoms with Gasteiger partial charge in [0.1, 0.15) is 11.4 Å². The van der Waals surface area contributed by atoms with Crippen molar-refractivity contribution in [2.45, 2.75) is 13.3 Å². The molecule has 0 atom stereocenters. The molecule has 1 aromatic carbocycles. The molecule has 0 unspecified atom stereocenters. The summed E-state index contributed by atoms with van der Waals surface area (Å²) < 4.78 is 41.0. The zero-order chi connectivity index (χ0) is 14.8. The van der Waals surface area contributed by atoms with E-state index < -0.39 is 17.9 Å². The van der Waals surface area contributed by atoms with Crippen molar-refractivity contribution in [1.29, 1.82) is 0 Å². The molecule has 2 aromatic rings. The van der Waals surface area contributed by atoms with Crippen LogP contribution in [0, 0.1) is 6.92 Å². The molecule has 0 radical (unpaired) electrons. The van der Waals surface area contributed by atoms with Crippen molar-refractivity contribution < 1.29 is 22.7 Å². The number of hydrogen-bond donors (Lipinski definition) is 0. The first kappa shape index (κ1) is 14.0. The van der Waals surface area contributed by atoms with Crippen LogP contribution in [0.25, 0.3) is 0 Å². The highest BCUT2D eigenvalue weighted by molar-refractivity contribution is 6.09. The SMILES string of the molecule is Cc1ccc(C(=O)c2ccccn2)c(OC(F)(F)F)c1. The third kappa shape index (κ3) is 3.34. The maximum atomic E-state index is 12.4. The Labute approximate surface area is 113 Å². The highest BCUT2D eigenvalue weighted by atomic mass is 19.4. The first-order valence-corrected chi connectivity index (χ1v) is 5.69. The fourth-order valence-electron chi connectivity index (χ4n) is 1.66. The van der Waals surface area contributed by atoms with E-state index in [4.69, 9.17) is 0 Å². The number of benzene rings is 1. The maximum Gasteiger partial charge on any atom is 0.573 e. The summed E-state index contributed by atoms with van der Waals surface area (Å²) in [5, 5.41) is 0. The van der Waals surface area contributed by atoms with Crippen molar-refractivity contribution in [2.75, 3.05) is 0 Å². The number of pyridine rings is 1. The Kier molecular flexibility index (Phi) is 3.74. The van der Waals surface area contributed by atoms with Crippen LogP contribution in [0.3, 0.4) is 0 Å². The number of nitrogens with zero attached hydrogens (tertiary/aromatic N) is 1. The molecule has 0 bridgehead atoms. The van der Waals surface area contributed by atoms with Crippen LogP contribution in [0.4, 0.5) is 13.2 Å². The zero-order valence-corrected chi connectivity index (χ0v) is 10.4. The van der Waals surface area contributed by atoms with Crippen LogP contribution in [0.1, 0.15) is 21.6 Å². The molecule has 0 spiro atoms. The Balaban J connectivity index is 2.43. The van der Waals surface area contributed by atoms with Crippen molar-refractivity contribution in [3.05, 3.63) is 59.4 Å². The largest absolute Gasteiger partial charge is 0.573 e. The number of rotatable bonds is 3. The Morgan fingerprint density at radius 2 is 1.95 bits per heavy atom. The van der Waals surface area contributed by atoms with E-state index in [1.54, 1.807) is 25.1 Å². The normalized spacial score (nSPS) is 11.2. The van der Waals surface area contributed by atoms with E-state index in [1.807, 2.05) is 0 Å². The van der Waals surface area contributed by atoms with Crippen LogP contribution in [0.2, 0.25) is 0 Å². The van der Waals surface area contributed by atoms with Gasteiger partial charge in [-0.2, -0.15) is 0 Å². The van der Waals surface area contributed by atoms with Crippen LogP contribution in [0.5, 0.6) is 5.75 Å². The standard InChI is InChI=1S/C14H10F3NO2/c1-9-5-6-10(12(8-9)20-14(15,16)17)13(19)11-4-2-3-7-18-11/h2-8H,1H3. The fraction of sp³-hybridized carbons (Fsp3) is 0.143. The molecule has 3 nitrogen and oxygen atoms in total. The lowest BCUT2D eigenvalue weighted by Crippen LogP contribution is -2.19. The van der Waals surface area contributed by atoms with Crippen molar-refractivity contribution in [3.8, 4) is 5.75 Å². The topological polar surface area (TPSA) is 39.2 Å². The lowest BCUT2D eigenvalue weighted by Gasteiger charge is -2.13. The lowest BCUT2D eigenvalue weighted by atomic mass is 10.0. The van der Waals surface area contributed by atoms with Crippen molar-refractivity contribution in [3.63, 3.8) is 0 Å². The smallest absolute Gasteiger partial charge is 0.405 e. The number of ether oxygens (including phenoxy) is 1. The van der Waals surface area contributed by atoms with E-state index in [0.29, 0.717) is 5.56 Å². The number of halogens is 3. The first-order chi connectivity index (χ1) is 9.37. The van der Waals surface area contributed by atoms with Gasteiger partial charge in [-0.25, -0.2) is 0 Å². The number of carbonyl (C=O) groups excluding carboxylic acids is 1. The summed E-state index contributed by atoms with van der Waals surface area (Å²) in [7, 11) is 0. The van der Waals surface area contributed by atoms with E-state index >= 15 is 0 Å². The molecule has 0 aliphatic carbocycles. The van der Waals surface area contributed by atoms with Gasteiger partial charge < -0.3 is 4.74 Å². The van der Waals surface area contributed by atoms with E-state index in [1.165, 1.54) is 24.4 Å². The molecule has 104 valence electrons. The minimum Gasteiger partial charge on any atom is -0.405 e. The Hall–Kier alpha value is -2.37. The molecule has 0 saturated carbocycles. The summed E-state index contributed by atoms with van der Waals surface area (Å²) in [6, 6.07) is 8.63. The van der Waals surface area contributed by atoms with Crippen LogP contribution in [0.15, 0.2) is 42.6 Å². The molecular formula is C14H10F3NO2. The quantitative estimate of drug-likeness (QED) is 0.808. The monoisotopic (exact) mass is 281 g/mol. The Morgan fingerprint density at radius 3 is 2.55 bits per heavy atom. The van der Waals surface area contributed by atoms with Crippen LogP contribution < -0.4 is 4.74 Å². The Bertz CT molecular complexity index is 624. The first-order valence-electron chi connectivity index (χ1n) is 5.69. The second-order valence-electron chi connectivity index (χ2n) is 4.09. The van der Waals surface area contributed by atoms with Gasteiger partial charge in [-0.05, 0) is 36.8 Å². The molecule has 6 heteroatoms. The zero-order valence-electron chi connectivity index (χ0n) is 10.4. The second-order valence-corrected chi connectivity index (χ2v) is 4.09. The van der Waals surface area contributed by atoms with Gasteiger partial charge in [0.25, 0.3) is 0 Å². The summed E-state index contributed by atoms with van der Waals surface area (Å²) in [6.07, 6.45) is -3.46. The van der Waals surface area contributed by atoms with Gasteiger partial charge in [0, 0.05) is 6.20 Å². The molecule has 20 heavy (non-hydrogen) atoms. The van der Waals surface area contributed by atoms with Crippen LogP contribution >= 0.6 is 0 Å². The van der Waals surface area contributed by atoms with E-state index in [0.717, 1.165) is 0 Å². The number of carbonyl (C=O) groups is 1. The molecular weight excluding hydrogens is 271 g/mol. The molecule has 0 fully saturated rings. The summed E-state index contributed by atoms with van der Waals surface area (Å²) in [6.45, 7) is 1.61. The number of alkyl halides is 3. The highest BCUT2D eigenvalue weighted by Gasteiger charge is 2.33. The van der Waals surface area contributed by atoms with E-state index in [2.05, 4.69) is 9.72 Å². The van der Waals surface area contributed by atoms with Crippen LogP contribution in [-0.4, -0.2) is 17.1 Å². The molecule has 0 N–H and O–H groups in total. The van der Waals surface area contributed by atoms with Gasteiger partial charge in [0.15, 0.2) is 0 Å². The third-order valence-electron chi connectivity index (χ3n) is 2.50. The van der Waals surface area contributed by atoms with Crippen LogP contribution in [-0.2, 0) is 0 Å². The Morgan fingerprint density at radius 1 is 1.20 bits per heavy atom. The molecule has 0 amide bonds. The minimum atomic E-state index is -4.85. The average Bonchev–Trinajstić information content (AvgIpc) is 2.37. The summed E-state index contributed by atoms with van der Waals surface area (Å²) in [5.41, 5.74) is 0.442. The maximum absolute atomic E-state index is 12.4. The van der Waals surface area contributed by atoms with Gasteiger partial charge in [-0.3, -0.25) is 9.78 Å². The fourth-order valence-corrected chi connectivity index (χ4v) is 1.66. The molecule has 0 saturated heterocycles. The van der Waals surface area contributed by atoms with E-state index in [-0.39, 0.29) is 11.3 Å². The predicted molar refractivity (Wildman–Crippen MR) is 65.5 cm³/mol. The van der Waals surface area contributed by atoms with Gasteiger partial charge in [-0.15, -0.1) is 13.2 Å². The van der Waals surface area contributed by atoms with Gasteiger partial charge in [-0.1, -0.05) is 12.1 Å². The summed E-state index contributed by atoms with van der Waals surface area (Å²) >= 11 is 0. The highest BCUT2D eigenvalue weighted by Crippen LogP contribution is 2.28. The molecule has 1 aromatic heterocycles. The predicted octanol–water partition coefficient (Wildman–Crippen LogP) is 3.52. The molecule has 1 heterocycles. The minimum absolute atomic E-state index is 0.0587. The number of hydrogen-bond acceptors (Lipinski definition) is 3. The van der Waals surface area contributed by atoms with Crippen molar-refractivity contribution >= 4 is 5.78 Å². The molecule has 0 aliphatic rings. The average molecular weight is 281 g/mol. The van der Waals surface area contributed by atoms with E-state index in [9.17, 15) is 18.0 Å². The number of aryl methyl sites for hydroxylation is 1. The lowest BCUT2D eigenvalue weighted by molar-refractivity contribution is -0.274. The summed E-state index contributed by atoms with van der Waals surface area (Å²) in [5.74, 6) is -1.14. The second kappa shape index (κ2) is 5.32. The number of aromatic nitrogens is 1. The van der Waals surface area contributed by atoms with Crippen molar-refractivity contribution in [2.24, 2.45) is 0 Å². The van der Waals surface area contributed by atoms with Gasteiger partial charge >= 0.3 is 6.36 Å². The van der Waals surface area contributed by atoms with Gasteiger partial charge in [0.05, 0.1) is 5.56 Å². The molecule has 0 aliphatic heterocycles. The summed E-state index contributed by atoms with van der Waals surface area (Å²) in [4.78, 5) is 16.0. The third-order valence-corrected chi connectivity index (χ3v) is 2.50. The number of ketones is 1. The van der Waals surface area contributed by atoms with Gasteiger partial charge in [0.2, 0.25) is 5.78 Å². The van der Waals surface area contributed by atoms with Crippen molar-refractivity contribution in [1.82, 2.24) is 4.98 Å².